The number of carbonyl (C=O) groups is 1. The quantitative estimate of drug-likeness (QED) is 0.672. The van der Waals surface area contributed by atoms with E-state index in [-0.39, 0.29) is 11.7 Å². The van der Waals surface area contributed by atoms with Crippen molar-refractivity contribution in [1.29, 1.82) is 0 Å². The lowest BCUT2D eigenvalue weighted by molar-refractivity contribution is -0.117. The van der Waals surface area contributed by atoms with Gasteiger partial charge in [-0.1, -0.05) is 24.3 Å². The average Bonchev–Trinajstić information content (AvgIpc) is 3.39. The van der Waals surface area contributed by atoms with Crippen molar-refractivity contribution in [2.75, 3.05) is 11.4 Å². The number of rotatable bonds is 5. The van der Waals surface area contributed by atoms with E-state index in [0.29, 0.717) is 18.1 Å². The second-order valence-corrected chi connectivity index (χ2v) is 8.86. The summed E-state index contributed by atoms with van der Waals surface area (Å²) in [5.74, 6) is 0.631. The van der Waals surface area contributed by atoms with Gasteiger partial charge in [-0.3, -0.25) is 9.00 Å². The van der Waals surface area contributed by atoms with Crippen molar-refractivity contribution < 1.29 is 13.4 Å². The van der Waals surface area contributed by atoms with E-state index in [1.807, 2.05) is 41.8 Å². The van der Waals surface area contributed by atoms with Gasteiger partial charge in [0.25, 0.3) is 0 Å². The van der Waals surface area contributed by atoms with Crippen LogP contribution in [0.2, 0.25) is 0 Å². The van der Waals surface area contributed by atoms with Crippen molar-refractivity contribution >= 4 is 33.7 Å². The number of aromatic nitrogens is 1. The molecule has 0 saturated carbocycles. The molecule has 3 heterocycles. The van der Waals surface area contributed by atoms with Crippen LogP contribution in [0.5, 0.6) is 0 Å². The monoisotopic (exact) mass is 386 g/mol. The third-order valence-electron chi connectivity index (χ3n) is 4.47. The molecule has 0 radical (unpaired) electrons. The van der Waals surface area contributed by atoms with Crippen LogP contribution in [0.3, 0.4) is 0 Å². The lowest BCUT2D eigenvalue weighted by Gasteiger charge is -2.21. The number of para-hydroxylation sites is 1. The summed E-state index contributed by atoms with van der Waals surface area (Å²) in [6.45, 7) is 2.37. The maximum atomic E-state index is 12.8. The number of anilines is 1. The van der Waals surface area contributed by atoms with Crippen LogP contribution in [-0.2, 0) is 27.8 Å². The summed E-state index contributed by atoms with van der Waals surface area (Å²) in [7, 11) is -1.36. The molecule has 1 aromatic carbocycles. The lowest BCUT2D eigenvalue weighted by Crippen LogP contribution is -2.39. The smallest absolute Gasteiger partial charge is 0.242 e. The van der Waals surface area contributed by atoms with Gasteiger partial charge in [-0.25, -0.2) is 4.98 Å². The minimum atomic E-state index is -1.36. The van der Waals surface area contributed by atoms with Crippen molar-refractivity contribution in [3.05, 3.63) is 59.3 Å². The first kappa shape index (κ1) is 17.2. The molecular formula is C19H18N2O3S2. The number of fused-ring (bicyclic) bond motifs is 1. The molecule has 2 unspecified atom stereocenters. The SMILES string of the molecule is CC(C(=O)N1CCc2ccccc21)S(=O)Cc1coc(-c2cccs2)n1. The summed E-state index contributed by atoms with van der Waals surface area (Å²) in [5, 5.41) is 1.36. The van der Waals surface area contributed by atoms with Crippen molar-refractivity contribution in [3.63, 3.8) is 0 Å². The summed E-state index contributed by atoms with van der Waals surface area (Å²) in [6.07, 6.45) is 2.37. The number of thiophene rings is 1. The maximum absolute atomic E-state index is 12.8. The molecule has 5 nitrogen and oxygen atoms in total. The molecule has 2 aromatic heterocycles. The highest BCUT2D eigenvalue weighted by Gasteiger charge is 2.31. The summed E-state index contributed by atoms with van der Waals surface area (Å²) >= 11 is 1.54. The highest BCUT2D eigenvalue weighted by molar-refractivity contribution is 7.85. The molecule has 134 valence electrons. The molecule has 0 fully saturated rings. The molecule has 4 rings (SSSR count). The van der Waals surface area contributed by atoms with Crippen LogP contribution < -0.4 is 4.90 Å². The second kappa shape index (κ2) is 7.17. The predicted octanol–water partition coefficient (Wildman–Crippen LogP) is 3.63. The fraction of sp³-hybridized carbons (Fsp3) is 0.263. The minimum Gasteiger partial charge on any atom is -0.444 e. The summed E-state index contributed by atoms with van der Waals surface area (Å²) < 4.78 is 18.2. The Morgan fingerprint density at radius 3 is 3.00 bits per heavy atom. The van der Waals surface area contributed by atoms with Crippen LogP contribution in [-0.4, -0.2) is 26.9 Å². The number of carbonyl (C=O) groups excluding carboxylic acids is 1. The Morgan fingerprint density at radius 1 is 1.35 bits per heavy atom. The molecular weight excluding hydrogens is 368 g/mol. The molecule has 3 aromatic rings. The summed E-state index contributed by atoms with van der Waals surface area (Å²) in [6, 6.07) is 11.7. The largest absolute Gasteiger partial charge is 0.444 e. The van der Waals surface area contributed by atoms with Gasteiger partial charge >= 0.3 is 0 Å². The van der Waals surface area contributed by atoms with Crippen LogP contribution in [0.1, 0.15) is 18.2 Å². The summed E-state index contributed by atoms with van der Waals surface area (Å²) in [5.41, 5.74) is 2.70. The van der Waals surface area contributed by atoms with Crippen LogP contribution in [0.25, 0.3) is 10.8 Å². The zero-order chi connectivity index (χ0) is 18.1. The number of hydrogen-bond acceptors (Lipinski definition) is 5. The Labute approximate surface area is 158 Å². The Morgan fingerprint density at radius 2 is 2.19 bits per heavy atom. The first-order valence-corrected chi connectivity index (χ1v) is 10.6. The average molecular weight is 386 g/mol. The first-order chi connectivity index (χ1) is 12.6. The van der Waals surface area contributed by atoms with Crippen molar-refractivity contribution in [3.8, 4) is 10.8 Å². The van der Waals surface area contributed by atoms with Gasteiger partial charge in [-0.15, -0.1) is 11.3 Å². The van der Waals surface area contributed by atoms with E-state index in [0.717, 1.165) is 22.5 Å². The van der Waals surface area contributed by atoms with E-state index in [1.54, 1.807) is 11.8 Å². The normalized spacial score (nSPS) is 15.7. The van der Waals surface area contributed by atoms with E-state index in [2.05, 4.69) is 4.98 Å². The highest BCUT2D eigenvalue weighted by Crippen LogP contribution is 2.29. The van der Waals surface area contributed by atoms with Gasteiger partial charge in [0, 0.05) is 23.0 Å². The lowest BCUT2D eigenvalue weighted by atomic mass is 10.2. The number of nitrogens with zero attached hydrogens (tertiary/aromatic N) is 2. The third-order valence-corrected chi connectivity index (χ3v) is 6.90. The van der Waals surface area contributed by atoms with Gasteiger partial charge in [0.05, 0.1) is 16.3 Å². The zero-order valence-corrected chi connectivity index (χ0v) is 15.9. The fourth-order valence-electron chi connectivity index (χ4n) is 3.06. The molecule has 0 aliphatic carbocycles. The van der Waals surface area contributed by atoms with Gasteiger partial charge in [0.1, 0.15) is 11.5 Å². The topological polar surface area (TPSA) is 63.4 Å². The van der Waals surface area contributed by atoms with Gasteiger partial charge in [-0.05, 0) is 36.4 Å². The van der Waals surface area contributed by atoms with Gasteiger partial charge in [0.15, 0.2) is 0 Å². The van der Waals surface area contributed by atoms with Gasteiger partial charge in [-0.2, -0.15) is 0 Å². The highest BCUT2D eigenvalue weighted by atomic mass is 32.2. The Bertz CT molecular complexity index is 949. The molecule has 1 aliphatic heterocycles. The van der Waals surface area contributed by atoms with E-state index in [1.165, 1.54) is 17.6 Å². The first-order valence-electron chi connectivity index (χ1n) is 8.38. The van der Waals surface area contributed by atoms with Crippen LogP contribution >= 0.6 is 11.3 Å². The maximum Gasteiger partial charge on any atom is 0.242 e. The second-order valence-electron chi connectivity index (χ2n) is 6.16. The van der Waals surface area contributed by atoms with E-state index in [4.69, 9.17) is 4.42 Å². The number of oxazole rings is 1. The Balaban J connectivity index is 1.44. The number of benzene rings is 1. The van der Waals surface area contributed by atoms with Gasteiger partial charge < -0.3 is 9.32 Å². The fourth-order valence-corrected chi connectivity index (χ4v) is 4.74. The Kier molecular flexibility index (Phi) is 4.74. The third kappa shape index (κ3) is 3.24. The predicted molar refractivity (Wildman–Crippen MR) is 104 cm³/mol. The summed E-state index contributed by atoms with van der Waals surface area (Å²) in [4.78, 5) is 19.9. The molecule has 1 amide bonds. The molecule has 0 N–H and O–H groups in total. The standard InChI is InChI=1S/C19H18N2O3S2/c1-13(19(22)21-9-8-14-5-2-3-6-16(14)21)26(23)12-15-11-24-18(20-15)17-7-4-10-25-17/h2-7,10-11,13H,8-9,12H2,1H3. The minimum absolute atomic E-state index is 0.102. The van der Waals surface area contributed by atoms with E-state index in [9.17, 15) is 9.00 Å². The Hall–Kier alpha value is -2.25. The zero-order valence-electron chi connectivity index (χ0n) is 14.3. The number of hydrogen-bond donors (Lipinski definition) is 0. The van der Waals surface area contributed by atoms with Gasteiger partial charge in [0.2, 0.25) is 11.8 Å². The van der Waals surface area contributed by atoms with Crippen LogP contribution in [0, 0.1) is 0 Å². The van der Waals surface area contributed by atoms with E-state index < -0.39 is 16.0 Å². The van der Waals surface area contributed by atoms with Crippen molar-refractivity contribution in [1.82, 2.24) is 4.98 Å². The molecule has 7 heteroatoms. The van der Waals surface area contributed by atoms with Crippen LogP contribution in [0.4, 0.5) is 5.69 Å². The van der Waals surface area contributed by atoms with Crippen LogP contribution in [0.15, 0.2) is 52.5 Å². The molecule has 0 spiro atoms. The molecule has 2 atom stereocenters. The number of amides is 1. The molecule has 0 saturated heterocycles. The van der Waals surface area contributed by atoms with E-state index >= 15 is 0 Å². The van der Waals surface area contributed by atoms with Crippen molar-refractivity contribution in [2.24, 2.45) is 0 Å². The molecule has 26 heavy (non-hydrogen) atoms. The molecule has 1 aliphatic rings. The van der Waals surface area contributed by atoms with Crippen molar-refractivity contribution in [2.45, 2.75) is 24.3 Å². The molecule has 0 bridgehead atoms.